The Balaban J connectivity index is 2.45. The number of hydrogen-bond donors (Lipinski definition) is 0. The van der Waals surface area contributed by atoms with Crippen molar-refractivity contribution in [3.05, 3.63) is 12.3 Å². The summed E-state index contributed by atoms with van der Waals surface area (Å²) in [5.41, 5.74) is -0.469. The van der Waals surface area contributed by atoms with Gasteiger partial charge in [-0.2, -0.15) is 0 Å². The van der Waals surface area contributed by atoms with E-state index in [0.29, 0.717) is 13.2 Å². The highest BCUT2D eigenvalue weighted by Crippen LogP contribution is 2.12. The maximum absolute atomic E-state index is 10.8. The van der Waals surface area contributed by atoms with Crippen LogP contribution >= 0.6 is 0 Å². The van der Waals surface area contributed by atoms with Gasteiger partial charge < -0.3 is 9.64 Å². The summed E-state index contributed by atoms with van der Waals surface area (Å²) in [5, 5.41) is 0. The van der Waals surface area contributed by atoms with E-state index in [9.17, 15) is 4.79 Å². The van der Waals surface area contributed by atoms with Gasteiger partial charge in [-0.1, -0.05) is 0 Å². The Kier molecular flexibility index (Phi) is 3.28. The molecule has 0 aromatic carbocycles. The number of aliphatic imine (C=N–C) groups is 1. The fraction of sp³-hybridized carbons (Fsp3) is 0.600. The third-order valence-corrected chi connectivity index (χ3v) is 1.76. The summed E-state index contributed by atoms with van der Waals surface area (Å²) in [6, 6.07) is 0. The average molecular weight is 196 g/mol. The van der Waals surface area contributed by atoms with Gasteiger partial charge in [-0.3, -0.25) is 9.79 Å². The highest BCUT2D eigenvalue weighted by atomic mass is 16.6. The van der Waals surface area contributed by atoms with Gasteiger partial charge in [0.25, 0.3) is 0 Å². The topological polar surface area (TPSA) is 41.9 Å². The lowest BCUT2D eigenvalue weighted by Crippen LogP contribution is -2.40. The number of rotatable bonds is 3. The van der Waals surface area contributed by atoms with E-state index in [0.717, 1.165) is 0 Å². The van der Waals surface area contributed by atoms with Gasteiger partial charge in [0, 0.05) is 19.3 Å². The molecule has 78 valence electrons. The molecule has 0 unspecified atom stereocenters. The van der Waals surface area contributed by atoms with Crippen molar-refractivity contribution in [2.45, 2.75) is 26.4 Å². The predicted molar refractivity (Wildman–Crippen MR) is 55.1 cm³/mol. The molecular weight excluding hydrogens is 180 g/mol. The van der Waals surface area contributed by atoms with Gasteiger partial charge >= 0.3 is 5.97 Å². The molecule has 4 heteroatoms. The normalized spacial score (nSPS) is 15.8. The van der Waals surface area contributed by atoms with Crippen LogP contribution in [0, 0.1) is 0 Å². The molecule has 0 aliphatic carbocycles. The molecule has 1 rings (SSSR count). The minimum absolute atomic E-state index is 0.250. The van der Waals surface area contributed by atoms with Crippen LogP contribution in [-0.4, -0.2) is 35.9 Å². The van der Waals surface area contributed by atoms with Gasteiger partial charge in [-0.05, 0) is 19.9 Å². The van der Waals surface area contributed by atoms with E-state index in [-0.39, 0.29) is 5.97 Å². The number of carbonyl (C=O) groups is 1. The molecule has 0 amide bonds. The first-order valence-electron chi connectivity index (χ1n) is 4.60. The number of ether oxygens (including phenoxy) is 1. The van der Waals surface area contributed by atoms with Gasteiger partial charge in [0.2, 0.25) is 0 Å². The van der Waals surface area contributed by atoms with Crippen molar-refractivity contribution < 1.29 is 9.53 Å². The summed E-state index contributed by atoms with van der Waals surface area (Å²) < 4.78 is 5.17. The number of esters is 1. The summed E-state index contributed by atoms with van der Waals surface area (Å²) >= 11 is 0. The summed E-state index contributed by atoms with van der Waals surface area (Å²) in [5.74, 6) is -0.250. The minimum atomic E-state index is -0.469. The van der Waals surface area contributed by atoms with Crippen molar-refractivity contribution in [3.63, 3.8) is 0 Å². The van der Waals surface area contributed by atoms with E-state index in [1.807, 2.05) is 31.0 Å². The largest absolute Gasteiger partial charge is 0.458 e. The van der Waals surface area contributed by atoms with Crippen molar-refractivity contribution in [2.75, 3.05) is 13.2 Å². The van der Waals surface area contributed by atoms with E-state index in [2.05, 4.69) is 4.99 Å². The van der Waals surface area contributed by atoms with E-state index >= 15 is 0 Å². The highest BCUT2D eigenvalue weighted by molar-refractivity contribution is 5.71. The third-order valence-electron chi connectivity index (χ3n) is 1.76. The molecule has 4 nitrogen and oxygen atoms in total. The molecule has 0 saturated carbocycles. The molecule has 0 spiro atoms. The molecule has 1 heterocycles. The Hall–Kier alpha value is -1.32. The fourth-order valence-corrected chi connectivity index (χ4v) is 1.43. The van der Waals surface area contributed by atoms with Crippen molar-refractivity contribution in [1.29, 1.82) is 0 Å². The van der Waals surface area contributed by atoms with Crippen LogP contribution in [-0.2, 0) is 9.53 Å². The molecule has 0 bridgehead atoms. The monoisotopic (exact) mass is 196 g/mol. The molecule has 0 fully saturated rings. The van der Waals surface area contributed by atoms with Gasteiger partial charge in [0.15, 0.2) is 0 Å². The number of carbonyl (C=O) groups excluding carboxylic acids is 1. The van der Waals surface area contributed by atoms with Gasteiger partial charge in [-0.15, -0.1) is 0 Å². The van der Waals surface area contributed by atoms with Crippen LogP contribution in [0.4, 0.5) is 0 Å². The first kappa shape index (κ1) is 10.8. The molecular formula is C10H16N2O2. The first-order chi connectivity index (χ1) is 6.49. The Morgan fingerprint density at radius 3 is 2.86 bits per heavy atom. The molecule has 0 radical (unpaired) electrons. The maximum atomic E-state index is 10.8. The lowest BCUT2D eigenvalue weighted by Gasteiger charge is -2.31. The summed E-state index contributed by atoms with van der Waals surface area (Å²) in [6.45, 7) is 6.48. The standard InChI is InChI=1S/C10H16N2O2/c1-9(13)14-10(2,3)7-12-6-4-5-11-8-12/h4-6H,7-8H2,1-3H3. The third kappa shape index (κ3) is 3.60. The quantitative estimate of drug-likeness (QED) is 0.637. The molecule has 1 aliphatic rings. The van der Waals surface area contributed by atoms with E-state index in [1.54, 1.807) is 6.21 Å². The Morgan fingerprint density at radius 2 is 2.36 bits per heavy atom. The zero-order valence-electron chi connectivity index (χ0n) is 8.86. The molecule has 0 aromatic heterocycles. The van der Waals surface area contributed by atoms with Crippen LogP contribution in [0.1, 0.15) is 20.8 Å². The Bertz CT molecular complexity index is 269. The maximum Gasteiger partial charge on any atom is 0.303 e. The molecule has 0 atom stereocenters. The van der Waals surface area contributed by atoms with Gasteiger partial charge in [0.1, 0.15) is 12.3 Å². The van der Waals surface area contributed by atoms with Crippen LogP contribution < -0.4 is 0 Å². The minimum Gasteiger partial charge on any atom is -0.458 e. The molecule has 0 N–H and O–H groups in total. The average Bonchev–Trinajstić information content (AvgIpc) is 2.02. The summed E-state index contributed by atoms with van der Waals surface area (Å²) in [7, 11) is 0. The van der Waals surface area contributed by atoms with Crippen LogP contribution in [0.25, 0.3) is 0 Å². The SMILES string of the molecule is CC(=O)OC(C)(C)CN1C=CC=NC1. The molecule has 14 heavy (non-hydrogen) atoms. The molecule has 0 saturated heterocycles. The fourth-order valence-electron chi connectivity index (χ4n) is 1.43. The van der Waals surface area contributed by atoms with E-state index in [1.165, 1.54) is 6.92 Å². The number of allylic oxidation sites excluding steroid dienone is 1. The second-order valence-electron chi connectivity index (χ2n) is 3.91. The van der Waals surface area contributed by atoms with Gasteiger partial charge in [-0.25, -0.2) is 0 Å². The Morgan fingerprint density at radius 1 is 1.64 bits per heavy atom. The lowest BCUT2D eigenvalue weighted by atomic mass is 10.1. The van der Waals surface area contributed by atoms with Crippen molar-refractivity contribution in [3.8, 4) is 0 Å². The van der Waals surface area contributed by atoms with Gasteiger partial charge in [0.05, 0.1) is 6.54 Å². The number of nitrogens with zero attached hydrogens (tertiary/aromatic N) is 2. The summed E-state index contributed by atoms with van der Waals surface area (Å²) in [4.78, 5) is 16.9. The smallest absolute Gasteiger partial charge is 0.303 e. The number of hydrogen-bond acceptors (Lipinski definition) is 4. The zero-order valence-corrected chi connectivity index (χ0v) is 8.86. The Labute approximate surface area is 84.3 Å². The van der Waals surface area contributed by atoms with Crippen LogP contribution in [0.15, 0.2) is 17.3 Å². The van der Waals surface area contributed by atoms with Crippen LogP contribution in [0.2, 0.25) is 0 Å². The second-order valence-corrected chi connectivity index (χ2v) is 3.91. The van der Waals surface area contributed by atoms with Crippen LogP contribution in [0.5, 0.6) is 0 Å². The predicted octanol–water partition coefficient (Wildman–Crippen LogP) is 1.19. The summed E-state index contributed by atoms with van der Waals surface area (Å²) in [6.07, 6.45) is 5.57. The molecule has 0 aromatic rings. The second kappa shape index (κ2) is 4.26. The van der Waals surface area contributed by atoms with E-state index < -0.39 is 5.60 Å². The lowest BCUT2D eigenvalue weighted by molar-refractivity contribution is -0.154. The highest BCUT2D eigenvalue weighted by Gasteiger charge is 2.23. The zero-order chi connectivity index (χ0) is 10.6. The molecule has 1 aliphatic heterocycles. The van der Waals surface area contributed by atoms with E-state index in [4.69, 9.17) is 4.74 Å². The van der Waals surface area contributed by atoms with Crippen molar-refractivity contribution in [2.24, 2.45) is 4.99 Å². The van der Waals surface area contributed by atoms with Crippen molar-refractivity contribution >= 4 is 12.2 Å². The first-order valence-corrected chi connectivity index (χ1v) is 4.60. The van der Waals surface area contributed by atoms with Crippen molar-refractivity contribution in [1.82, 2.24) is 4.90 Å². The van der Waals surface area contributed by atoms with Crippen LogP contribution in [0.3, 0.4) is 0 Å².